The Morgan fingerprint density at radius 2 is 2.05 bits per heavy atom. The third-order valence-corrected chi connectivity index (χ3v) is 3.51. The fourth-order valence-electron chi connectivity index (χ4n) is 1.93. The number of rotatable bonds is 10. The molecule has 0 radical (unpaired) electrons. The highest BCUT2D eigenvalue weighted by molar-refractivity contribution is 9.10. The molecule has 0 amide bonds. The van der Waals surface area contributed by atoms with E-state index in [0.29, 0.717) is 6.61 Å². The predicted molar refractivity (Wildman–Crippen MR) is 84.5 cm³/mol. The van der Waals surface area contributed by atoms with Crippen LogP contribution < -0.4 is 14.8 Å². The SMILES string of the molecule is CCOc1c(Br)cc(CNCCCCCO)cc1OC. The van der Waals surface area contributed by atoms with Crippen molar-refractivity contribution in [1.82, 2.24) is 5.32 Å². The molecule has 0 unspecified atom stereocenters. The normalized spacial score (nSPS) is 10.6. The van der Waals surface area contributed by atoms with Gasteiger partial charge < -0.3 is 19.9 Å². The molecule has 0 aliphatic carbocycles. The van der Waals surface area contributed by atoms with Crippen molar-refractivity contribution in [2.24, 2.45) is 0 Å². The van der Waals surface area contributed by atoms with E-state index >= 15 is 0 Å². The first-order chi connectivity index (χ1) is 9.72. The van der Waals surface area contributed by atoms with E-state index in [1.165, 1.54) is 0 Å². The molecule has 2 N–H and O–H groups in total. The Kier molecular flexibility index (Phi) is 8.65. The molecule has 0 heterocycles. The van der Waals surface area contributed by atoms with Crippen LogP contribution in [0.3, 0.4) is 0 Å². The molecule has 0 fully saturated rings. The van der Waals surface area contributed by atoms with E-state index < -0.39 is 0 Å². The molecule has 20 heavy (non-hydrogen) atoms. The number of ether oxygens (including phenoxy) is 2. The number of unbranched alkanes of at least 4 members (excludes halogenated alkanes) is 2. The Morgan fingerprint density at radius 3 is 2.70 bits per heavy atom. The summed E-state index contributed by atoms with van der Waals surface area (Å²) in [5.74, 6) is 1.50. The van der Waals surface area contributed by atoms with Crippen LogP contribution in [0.4, 0.5) is 0 Å². The van der Waals surface area contributed by atoms with Crippen LogP contribution in [0.1, 0.15) is 31.7 Å². The number of aliphatic hydroxyl groups is 1. The van der Waals surface area contributed by atoms with Crippen molar-refractivity contribution in [3.8, 4) is 11.5 Å². The molecule has 0 atom stereocenters. The van der Waals surface area contributed by atoms with Crippen molar-refractivity contribution >= 4 is 15.9 Å². The van der Waals surface area contributed by atoms with E-state index in [9.17, 15) is 0 Å². The quantitative estimate of drug-likeness (QED) is 0.639. The first-order valence-electron chi connectivity index (χ1n) is 7.03. The molecule has 1 rings (SSSR count). The van der Waals surface area contributed by atoms with Crippen LogP contribution in [-0.2, 0) is 6.54 Å². The lowest BCUT2D eigenvalue weighted by Gasteiger charge is -2.13. The van der Waals surface area contributed by atoms with Gasteiger partial charge in [0.25, 0.3) is 0 Å². The van der Waals surface area contributed by atoms with E-state index in [1.807, 2.05) is 19.1 Å². The van der Waals surface area contributed by atoms with Gasteiger partial charge in [0.05, 0.1) is 18.2 Å². The minimum atomic E-state index is 0.281. The molecule has 114 valence electrons. The summed E-state index contributed by atoms with van der Waals surface area (Å²) in [6.07, 6.45) is 3.01. The Labute approximate surface area is 129 Å². The molecular weight excluding hydrogens is 322 g/mol. The molecule has 4 nitrogen and oxygen atoms in total. The van der Waals surface area contributed by atoms with Crippen molar-refractivity contribution in [1.29, 1.82) is 0 Å². The largest absolute Gasteiger partial charge is 0.493 e. The maximum absolute atomic E-state index is 8.71. The lowest BCUT2D eigenvalue weighted by Crippen LogP contribution is -2.15. The van der Waals surface area contributed by atoms with Crippen LogP contribution in [0.2, 0.25) is 0 Å². The highest BCUT2D eigenvalue weighted by atomic mass is 79.9. The number of benzene rings is 1. The summed E-state index contributed by atoms with van der Waals surface area (Å²) >= 11 is 3.52. The smallest absolute Gasteiger partial charge is 0.175 e. The molecule has 0 aliphatic heterocycles. The Bertz CT molecular complexity index is 399. The van der Waals surface area contributed by atoms with Crippen molar-refractivity contribution in [2.75, 3.05) is 26.9 Å². The second-order valence-electron chi connectivity index (χ2n) is 4.50. The third kappa shape index (κ3) is 5.69. The van der Waals surface area contributed by atoms with Crippen molar-refractivity contribution in [3.05, 3.63) is 22.2 Å². The number of nitrogens with one attached hydrogen (secondary N) is 1. The molecular formula is C15H24BrNO3. The van der Waals surface area contributed by atoms with Crippen LogP contribution in [0.25, 0.3) is 0 Å². The molecule has 0 saturated heterocycles. The fourth-order valence-corrected chi connectivity index (χ4v) is 2.53. The number of hydrogen-bond acceptors (Lipinski definition) is 4. The van der Waals surface area contributed by atoms with E-state index in [2.05, 4.69) is 21.2 Å². The minimum Gasteiger partial charge on any atom is -0.493 e. The molecule has 0 aliphatic rings. The third-order valence-electron chi connectivity index (χ3n) is 2.92. The summed E-state index contributed by atoms with van der Waals surface area (Å²) < 4.78 is 11.8. The number of methoxy groups -OCH3 is 1. The Balaban J connectivity index is 2.52. The van der Waals surface area contributed by atoms with Crippen LogP contribution in [0, 0.1) is 0 Å². The summed E-state index contributed by atoms with van der Waals surface area (Å²) in [4.78, 5) is 0. The highest BCUT2D eigenvalue weighted by Crippen LogP contribution is 2.36. The van der Waals surface area contributed by atoms with Crippen molar-refractivity contribution in [3.63, 3.8) is 0 Å². The highest BCUT2D eigenvalue weighted by Gasteiger charge is 2.10. The average Bonchev–Trinajstić information content (AvgIpc) is 2.45. The number of aliphatic hydroxyl groups excluding tert-OH is 1. The van der Waals surface area contributed by atoms with Gasteiger partial charge in [-0.05, 0) is 66.4 Å². The lowest BCUT2D eigenvalue weighted by molar-refractivity contribution is 0.283. The minimum absolute atomic E-state index is 0.281. The second kappa shape index (κ2) is 10.0. The molecule has 0 aromatic heterocycles. The zero-order chi connectivity index (χ0) is 14.8. The van der Waals surface area contributed by atoms with E-state index in [-0.39, 0.29) is 6.61 Å². The first kappa shape index (κ1) is 17.3. The van der Waals surface area contributed by atoms with Gasteiger partial charge >= 0.3 is 0 Å². The number of halogens is 1. The van der Waals surface area contributed by atoms with Crippen molar-refractivity contribution in [2.45, 2.75) is 32.7 Å². The van der Waals surface area contributed by atoms with Gasteiger partial charge in [0.15, 0.2) is 11.5 Å². The monoisotopic (exact) mass is 345 g/mol. The zero-order valence-corrected chi connectivity index (χ0v) is 13.8. The molecule has 5 heteroatoms. The van der Waals surface area contributed by atoms with Gasteiger partial charge in [0, 0.05) is 13.2 Å². The van der Waals surface area contributed by atoms with Gasteiger partial charge in [-0.2, -0.15) is 0 Å². The maximum Gasteiger partial charge on any atom is 0.175 e. The van der Waals surface area contributed by atoms with Gasteiger partial charge in [-0.25, -0.2) is 0 Å². The molecule has 1 aromatic rings. The molecule has 0 spiro atoms. The molecule has 1 aromatic carbocycles. The summed E-state index contributed by atoms with van der Waals surface area (Å²) in [6.45, 7) is 4.59. The van der Waals surface area contributed by atoms with Gasteiger partial charge in [0.2, 0.25) is 0 Å². The Hall–Kier alpha value is -0.780. The van der Waals surface area contributed by atoms with Crippen molar-refractivity contribution < 1.29 is 14.6 Å². The van der Waals surface area contributed by atoms with Gasteiger partial charge in [-0.1, -0.05) is 0 Å². The fraction of sp³-hybridized carbons (Fsp3) is 0.600. The zero-order valence-electron chi connectivity index (χ0n) is 12.2. The van der Waals surface area contributed by atoms with E-state index in [4.69, 9.17) is 14.6 Å². The van der Waals surface area contributed by atoms with Crippen LogP contribution in [-0.4, -0.2) is 32.0 Å². The Morgan fingerprint density at radius 1 is 1.25 bits per heavy atom. The van der Waals surface area contributed by atoms with Crippen LogP contribution >= 0.6 is 15.9 Å². The topological polar surface area (TPSA) is 50.7 Å². The molecule has 0 bridgehead atoms. The summed E-state index contributed by atoms with van der Waals surface area (Å²) in [7, 11) is 1.65. The van der Waals surface area contributed by atoms with Gasteiger partial charge in [0.1, 0.15) is 0 Å². The van der Waals surface area contributed by atoms with Crippen LogP contribution in [0.15, 0.2) is 16.6 Å². The average molecular weight is 346 g/mol. The van der Waals surface area contributed by atoms with Gasteiger partial charge in [-0.15, -0.1) is 0 Å². The van der Waals surface area contributed by atoms with E-state index in [1.54, 1.807) is 7.11 Å². The summed E-state index contributed by atoms with van der Waals surface area (Å²) in [6, 6.07) is 4.05. The predicted octanol–water partition coefficient (Wildman–Crippen LogP) is 3.11. The van der Waals surface area contributed by atoms with E-state index in [0.717, 1.165) is 53.9 Å². The standard InChI is InChI=1S/C15H24BrNO3/c1-3-20-15-13(16)9-12(10-14(15)19-2)11-17-7-5-4-6-8-18/h9-10,17-18H,3-8,11H2,1-2H3. The molecule has 0 saturated carbocycles. The summed E-state index contributed by atoms with van der Waals surface area (Å²) in [5, 5.41) is 12.1. The maximum atomic E-state index is 8.71. The van der Waals surface area contributed by atoms with Gasteiger partial charge in [-0.3, -0.25) is 0 Å². The summed E-state index contributed by atoms with van der Waals surface area (Å²) in [5.41, 5.74) is 1.15. The van der Waals surface area contributed by atoms with Crippen LogP contribution in [0.5, 0.6) is 11.5 Å². The lowest BCUT2D eigenvalue weighted by atomic mass is 10.2. The first-order valence-corrected chi connectivity index (χ1v) is 7.83. The number of hydrogen-bond donors (Lipinski definition) is 2. The second-order valence-corrected chi connectivity index (χ2v) is 5.36.